The van der Waals surface area contributed by atoms with Gasteiger partial charge >= 0.3 is 0 Å². The van der Waals surface area contributed by atoms with Crippen molar-refractivity contribution in [3.8, 4) is 17.1 Å². The Bertz CT molecular complexity index is 1080. The quantitative estimate of drug-likeness (QED) is 0.332. The number of carbonyl (C=O) groups excluding carboxylic acids is 1. The van der Waals surface area contributed by atoms with Crippen molar-refractivity contribution in [2.24, 2.45) is 5.10 Å². The Balaban J connectivity index is 1.65. The minimum Gasteiger partial charge on any atom is -0.494 e. The van der Waals surface area contributed by atoms with Crippen LogP contribution in [-0.2, 0) is 0 Å². The van der Waals surface area contributed by atoms with Crippen LogP contribution in [0.2, 0.25) is 0 Å². The maximum atomic E-state index is 13.3. The number of nitrogens with one attached hydrogen (secondary N) is 1. The summed E-state index contributed by atoms with van der Waals surface area (Å²) in [7, 11) is 0. The molecular formula is C21H18FN3O5. The number of furan rings is 1. The van der Waals surface area contributed by atoms with E-state index in [1.54, 1.807) is 24.3 Å². The van der Waals surface area contributed by atoms with E-state index in [9.17, 15) is 19.3 Å². The molecule has 1 aromatic heterocycles. The number of hydrazone groups is 1. The van der Waals surface area contributed by atoms with E-state index in [-0.39, 0.29) is 17.1 Å². The lowest BCUT2D eigenvalue weighted by molar-refractivity contribution is -0.384. The third-order valence-electron chi connectivity index (χ3n) is 4.00. The van der Waals surface area contributed by atoms with Crippen LogP contribution in [-0.4, -0.2) is 23.7 Å². The van der Waals surface area contributed by atoms with Gasteiger partial charge in [-0.3, -0.25) is 14.9 Å². The highest BCUT2D eigenvalue weighted by Gasteiger charge is 2.19. The molecule has 0 bridgehead atoms. The highest BCUT2D eigenvalue weighted by molar-refractivity contribution is 5.94. The number of hydrogen-bond donors (Lipinski definition) is 1. The molecule has 0 fully saturated rings. The van der Waals surface area contributed by atoms with E-state index < -0.39 is 22.3 Å². The van der Waals surface area contributed by atoms with Crippen LogP contribution < -0.4 is 10.2 Å². The third-order valence-corrected chi connectivity index (χ3v) is 4.00. The van der Waals surface area contributed by atoms with Gasteiger partial charge < -0.3 is 9.15 Å². The SMILES string of the molecule is CCCOc1ccc(C(=O)N/N=C\c2ccc(-c3ccc(F)cc3[N+](=O)[O-])o2)cc1. The van der Waals surface area contributed by atoms with Gasteiger partial charge in [0.25, 0.3) is 11.6 Å². The molecule has 0 aliphatic heterocycles. The first-order chi connectivity index (χ1) is 14.5. The van der Waals surface area contributed by atoms with Gasteiger partial charge in [0.15, 0.2) is 0 Å². The predicted molar refractivity (Wildman–Crippen MR) is 108 cm³/mol. The van der Waals surface area contributed by atoms with E-state index in [4.69, 9.17) is 9.15 Å². The van der Waals surface area contributed by atoms with Crippen LogP contribution in [0.3, 0.4) is 0 Å². The van der Waals surface area contributed by atoms with Gasteiger partial charge in [0.2, 0.25) is 0 Å². The minimum absolute atomic E-state index is 0.135. The smallest absolute Gasteiger partial charge is 0.283 e. The largest absolute Gasteiger partial charge is 0.494 e. The fraction of sp³-hybridized carbons (Fsp3) is 0.143. The summed E-state index contributed by atoms with van der Waals surface area (Å²) in [5.74, 6) is -0.0278. The van der Waals surface area contributed by atoms with Crippen molar-refractivity contribution < 1.29 is 23.3 Å². The zero-order valence-corrected chi connectivity index (χ0v) is 16.0. The summed E-state index contributed by atoms with van der Waals surface area (Å²) in [6.45, 7) is 2.60. The second-order valence-corrected chi connectivity index (χ2v) is 6.19. The molecule has 0 saturated carbocycles. The summed E-state index contributed by atoms with van der Waals surface area (Å²) in [6.07, 6.45) is 2.15. The van der Waals surface area contributed by atoms with E-state index >= 15 is 0 Å². The van der Waals surface area contributed by atoms with Crippen molar-refractivity contribution in [1.29, 1.82) is 0 Å². The molecule has 3 aromatic rings. The van der Waals surface area contributed by atoms with Gasteiger partial charge in [-0.25, -0.2) is 9.82 Å². The highest BCUT2D eigenvalue weighted by atomic mass is 19.1. The summed E-state index contributed by atoms with van der Waals surface area (Å²) < 4.78 is 24.2. The van der Waals surface area contributed by atoms with Crippen molar-refractivity contribution in [2.45, 2.75) is 13.3 Å². The predicted octanol–water partition coefficient (Wildman–Crippen LogP) is 4.55. The third kappa shape index (κ3) is 5.07. The normalized spacial score (nSPS) is 10.9. The molecule has 1 amide bonds. The molecule has 8 nitrogen and oxygen atoms in total. The number of nitro benzene ring substituents is 1. The van der Waals surface area contributed by atoms with E-state index in [0.717, 1.165) is 18.6 Å². The number of benzene rings is 2. The summed E-state index contributed by atoms with van der Waals surface area (Å²) in [5.41, 5.74) is 2.49. The van der Waals surface area contributed by atoms with E-state index in [1.807, 2.05) is 6.92 Å². The molecule has 30 heavy (non-hydrogen) atoms. The molecule has 1 N–H and O–H groups in total. The standard InChI is InChI=1S/C21H18FN3O5/c1-2-11-29-16-6-3-14(4-7-16)21(26)24-23-13-17-8-10-20(30-17)18-9-5-15(22)12-19(18)25(27)28/h3-10,12-13H,2,11H2,1H3,(H,24,26)/b23-13-. The van der Waals surface area contributed by atoms with Crippen molar-refractivity contribution in [2.75, 3.05) is 6.61 Å². The van der Waals surface area contributed by atoms with Crippen molar-refractivity contribution in [1.82, 2.24) is 5.43 Å². The molecule has 1 heterocycles. The lowest BCUT2D eigenvalue weighted by Crippen LogP contribution is -2.17. The maximum absolute atomic E-state index is 13.3. The topological polar surface area (TPSA) is 107 Å². The number of ether oxygens (including phenoxy) is 1. The molecule has 0 saturated heterocycles. The number of amides is 1. The summed E-state index contributed by atoms with van der Waals surface area (Å²) in [5, 5.41) is 14.9. The molecule has 0 radical (unpaired) electrons. The fourth-order valence-electron chi connectivity index (χ4n) is 2.57. The Morgan fingerprint density at radius 3 is 2.70 bits per heavy atom. The Morgan fingerprint density at radius 2 is 2.00 bits per heavy atom. The summed E-state index contributed by atoms with van der Waals surface area (Å²) in [4.78, 5) is 22.6. The molecule has 2 aromatic carbocycles. The lowest BCUT2D eigenvalue weighted by atomic mass is 10.1. The van der Waals surface area contributed by atoms with E-state index in [1.165, 1.54) is 24.4 Å². The summed E-state index contributed by atoms with van der Waals surface area (Å²) in [6, 6.07) is 12.9. The highest BCUT2D eigenvalue weighted by Crippen LogP contribution is 2.31. The van der Waals surface area contributed by atoms with Crippen LogP contribution >= 0.6 is 0 Å². The van der Waals surface area contributed by atoms with Crippen LogP contribution in [0.1, 0.15) is 29.5 Å². The average molecular weight is 411 g/mol. The Hall–Kier alpha value is -4.01. The Labute approximate surface area is 171 Å². The van der Waals surface area contributed by atoms with Crippen LogP contribution in [0.15, 0.2) is 64.1 Å². The van der Waals surface area contributed by atoms with Crippen LogP contribution in [0.25, 0.3) is 11.3 Å². The Morgan fingerprint density at radius 1 is 1.23 bits per heavy atom. The molecule has 0 aliphatic carbocycles. The van der Waals surface area contributed by atoms with Gasteiger partial charge in [-0.2, -0.15) is 5.10 Å². The van der Waals surface area contributed by atoms with Gasteiger partial charge in [-0.1, -0.05) is 6.92 Å². The molecular weight excluding hydrogens is 393 g/mol. The van der Waals surface area contributed by atoms with Crippen LogP contribution in [0.5, 0.6) is 5.75 Å². The van der Waals surface area contributed by atoms with E-state index in [0.29, 0.717) is 17.9 Å². The van der Waals surface area contributed by atoms with Gasteiger partial charge in [0.1, 0.15) is 23.1 Å². The molecule has 0 unspecified atom stereocenters. The first-order valence-corrected chi connectivity index (χ1v) is 9.08. The van der Waals surface area contributed by atoms with Gasteiger partial charge in [-0.15, -0.1) is 0 Å². The second-order valence-electron chi connectivity index (χ2n) is 6.19. The second kappa shape index (κ2) is 9.46. The number of halogens is 1. The molecule has 0 aliphatic rings. The van der Waals surface area contributed by atoms with Crippen molar-refractivity contribution >= 4 is 17.8 Å². The van der Waals surface area contributed by atoms with Gasteiger partial charge in [0, 0.05) is 5.56 Å². The lowest BCUT2D eigenvalue weighted by Gasteiger charge is -2.05. The first-order valence-electron chi connectivity index (χ1n) is 9.08. The average Bonchev–Trinajstić information content (AvgIpc) is 3.21. The van der Waals surface area contributed by atoms with Crippen LogP contribution in [0, 0.1) is 15.9 Å². The Kier molecular flexibility index (Phi) is 6.53. The maximum Gasteiger partial charge on any atom is 0.283 e. The zero-order chi connectivity index (χ0) is 21.5. The summed E-state index contributed by atoms with van der Waals surface area (Å²) >= 11 is 0. The number of carbonyl (C=O) groups is 1. The monoisotopic (exact) mass is 411 g/mol. The molecule has 154 valence electrons. The number of nitro groups is 1. The molecule has 0 atom stereocenters. The molecule has 3 rings (SSSR count). The first kappa shape index (κ1) is 20.7. The van der Waals surface area contributed by atoms with Crippen molar-refractivity contribution in [3.63, 3.8) is 0 Å². The zero-order valence-electron chi connectivity index (χ0n) is 16.0. The number of hydrogen-bond acceptors (Lipinski definition) is 6. The van der Waals surface area contributed by atoms with E-state index in [2.05, 4.69) is 10.5 Å². The molecule has 0 spiro atoms. The van der Waals surface area contributed by atoms with Gasteiger partial charge in [0.05, 0.1) is 29.4 Å². The van der Waals surface area contributed by atoms with Gasteiger partial charge in [-0.05, 0) is 55.0 Å². The number of rotatable bonds is 8. The molecule has 9 heteroatoms. The fourth-order valence-corrected chi connectivity index (χ4v) is 2.57. The number of nitrogens with zero attached hydrogens (tertiary/aromatic N) is 2. The van der Waals surface area contributed by atoms with Crippen LogP contribution in [0.4, 0.5) is 10.1 Å². The minimum atomic E-state index is -0.716. The van der Waals surface area contributed by atoms with Crippen molar-refractivity contribution in [3.05, 3.63) is 81.9 Å².